The molecule has 0 unspecified atom stereocenters. The van der Waals surface area contributed by atoms with E-state index in [0.29, 0.717) is 12.4 Å². The van der Waals surface area contributed by atoms with Crippen molar-refractivity contribution >= 4 is 17.5 Å². The molecule has 0 saturated carbocycles. The van der Waals surface area contributed by atoms with E-state index in [0.717, 1.165) is 35.9 Å². The summed E-state index contributed by atoms with van der Waals surface area (Å²) in [5.41, 5.74) is 2.79. The summed E-state index contributed by atoms with van der Waals surface area (Å²) in [6.45, 7) is 6.33. The Balaban J connectivity index is 1.60. The maximum absolute atomic E-state index is 12.0. The highest BCUT2D eigenvalue weighted by Crippen LogP contribution is 2.18. The van der Waals surface area contributed by atoms with Crippen LogP contribution in [0.5, 0.6) is 0 Å². The molecule has 0 bridgehead atoms. The van der Waals surface area contributed by atoms with E-state index in [1.165, 1.54) is 12.8 Å². The van der Waals surface area contributed by atoms with Crippen LogP contribution in [-0.2, 0) is 6.54 Å². The van der Waals surface area contributed by atoms with Crippen LogP contribution in [0.1, 0.15) is 29.9 Å². The third-order valence-corrected chi connectivity index (χ3v) is 4.00. The van der Waals surface area contributed by atoms with Crippen molar-refractivity contribution in [1.29, 1.82) is 0 Å². The van der Waals surface area contributed by atoms with Crippen LogP contribution in [0.25, 0.3) is 0 Å². The van der Waals surface area contributed by atoms with E-state index < -0.39 is 0 Å². The zero-order chi connectivity index (χ0) is 16.9. The molecule has 2 N–H and O–H groups in total. The smallest absolute Gasteiger partial charge is 0.319 e. The van der Waals surface area contributed by atoms with Crippen molar-refractivity contribution in [2.75, 3.05) is 23.3 Å². The molecule has 1 aromatic carbocycles. The molecule has 6 heteroatoms. The Bertz CT molecular complexity index is 725. The highest BCUT2D eigenvalue weighted by atomic mass is 16.2. The van der Waals surface area contributed by atoms with Crippen molar-refractivity contribution in [1.82, 2.24) is 15.3 Å². The molecule has 0 aliphatic carbocycles. The molecule has 2 amide bonds. The van der Waals surface area contributed by atoms with Crippen molar-refractivity contribution in [3.05, 3.63) is 47.4 Å². The summed E-state index contributed by atoms with van der Waals surface area (Å²) in [6, 6.07) is 9.44. The number of anilines is 2. The average molecular weight is 325 g/mol. The van der Waals surface area contributed by atoms with E-state index in [1.807, 2.05) is 44.2 Å². The van der Waals surface area contributed by atoms with Crippen LogP contribution in [0.2, 0.25) is 0 Å². The molecule has 2 aromatic rings. The third kappa shape index (κ3) is 4.22. The number of nitrogens with zero attached hydrogens (tertiary/aromatic N) is 3. The van der Waals surface area contributed by atoms with Gasteiger partial charge in [-0.15, -0.1) is 0 Å². The van der Waals surface area contributed by atoms with Crippen LogP contribution in [0.3, 0.4) is 0 Å². The lowest BCUT2D eigenvalue weighted by Crippen LogP contribution is -2.29. The van der Waals surface area contributed by atoms with Gasteiger partial charge in [-0.3, -0.25) is 0 Å². The molecule has 0 atom stereocenters. The standard InChI is InChI=1S/C18H23N5O/c1-13-6-5-7-15(10-13)21-18(24)19-12-16-20-14(2)11-17(22-16)23-8-3-4-9-23/h5-7,10-11H,3-4,8-9,12H2,1-2H3,(H2,19,21,24). The zero-order valence-electron chi connectivity index (χ0n) is 14.2. The van der Waals surface area contributed by atoms with Gasteiger partial charge in [0.2, 0.25) is 0 Å². The predicted octanol–water partition coefficient (Wildman–Crippen LogP) is 3.02. The van der Waals surface area contributed by atoms with Crippen LogP contribution in [0.4, 0.5) is 16.3 Å². The molecule has 126 valence electrons. The topological polar surface area (TPSA) is 70.2 Å². The summed E-state index contributed by atoms with van der Waals surface area (Å²) in [5, 5.41) is 5.64. The highest BCUT2D eigenvalue weighted by molar-refractivity contribution is 5.89. The molecular weight excluding hydrogens is 302 g/mol. The number of hydrogen-bond donors (Lipinski definition) is 2. The van der Waals surface area contributed by atoms with E-state index >= 15 is 0 Å². The van der Waals surface area contributed by atoms with Crippen LogP contribution in [0.15, 0.2) is 30.3 Å². The van der Waals surface area contributed by atoms with E-state index in [-0.39, 0.29) is 6.03 Å². The van der Waals surface area contributed by atoms with Crippen molar-refractivity contribution in [3.8, 4) is 0 Å². The van der Waals surface area contributed by atoms with E-state index in [9.17, 15) is 4.79 Å². The first-order valence-electron chi connectivity index (χ1n) is 8.31. The number of hydrogen-bond acceptors (Lipinski definition) is 4. The molecule has 1 aliphatic heterocycles. The molecule has 3 rings (SSSR count). The Labute approximate surface area is 142 Å². The van der Waals surface area contributed by atoms with Crippen molar-refractivity contribution in [3.63, 3.8) is 0 Å². The fraction of sp³-hybridized carbons (Fsp3) is 0.389. The summed E-state index contributed by atoms with van der Waals surface area (Å²) >= 11 is 0. The molecule has 0 radical (unpaired) electrons. The van der Waals surface area contributed by atoms with Gasteiger partial charge in [0.25, 0.3) is 0 Å². The van der Waals surface area contributed by atoms with Crippen LogP contribution in [0, 0.1) is 13.8 Å². The first-order chi connectivity index (χ1) is 11.6. The Hall–Kier alpha value is -2.63. The Morgan fingerprint density at radius 3 is 2.71 bits per heavy atom. The number of aryl methyl sites for hydroxylation is 2. The molecule has 24 heavy (non-hydrogen) atoms. The van der Waals surface area contributed by atoms with Crippen LogP contribution in [-0.4, -0.2) is 29.1 Å². The lowest BCUT2D eigenvalue weighted by Gasteiger charge is -2.17. The molecule has 2 heterocycles. The van der Waals surface area contributed by atoms with Gasteiger partial charge in [0.15, 0.2) is 0 Å². The van der Waals surface area contributed by atoms with Gasteiger partial charge in [-0.05, 0) is 44.4 Å². The first kappa shape index (κ1) is 16.2. The fourth-order valence-corrected chi connectivity index (χ4v) is 2.86. The molecular formula is C18H23N5O. The fourth-order valence-electron chi connectivity index (χ4n) is 2.86. The number of carbonyl (C=O) groups is 1. The normalized spacial score (nSPS) is 13.8. The second-order valence-electron chi connectivity index (χ2n) is 6.16. The largest absolute Gasteiger partial charge is 0.357 e. The number of aromatic nitrogens is 2. The zero-order valence-corrected chi connectivity index (χ0v) is 14.2. The SMILES string of the molecule is Cc1cccc(NC(=O)NCc2nc(C)cc(N3CCCC3)n2)c1. The van der Waals surface area contributed by atoms with Gasteiger partial charge in [0, 0.05) is 30.5 Å². The Morgan fingerprint density at radius 1 is 1.17 bits per heavy atom. The second kappa shape index (κ2) is 7.29. The van der Waals surface area contributed by atoms with E-state index in [4.69, 9.17) is 0 Å². The van der Waals surface area contributed by atoms with Crippen LogP contribution >= 0.6 is 0 Å². The summed E-state index contributed by atoms with van der Waals surface area (Å²) in [4.78, 5) is 23.3. The quantitative estimate of drug-likeness (QED) is 0.906. The maximum atomic E-state index is 12.0. The highest BCUT2D eigenvalue weighted by Gasteiger charge is 2.15. The number of carbonyl (C=O) groups excluding carboxylic acids is 1. The molecule has 6 nitrogen and oxygen atoms in total. The van der Waals surface area contributed by atoms with Gasteiger partial charge in [0.05, 0.1) is 6.54 Å². The van der Waals surface area contributed by atoms with Gasteiger partial charge in [-0.1, -0.05) is 12.1 Å². The average Bonchev–Trinajstić information content (AvgIpc) is 3.07. The third-order valence-electron chi connectivity index (χ3n) is 4.00. The van der Waals surface area contributed by atoms with Crippen LogP contribution < -0.4 is 15.5 Å². The number of urea groups is 1. The summed E-state index contributed by atoms with van der Waals surface area (Å²) in [7, 11) is 0. The first-order valence-corrected chi connectivity index (χ1v) is 8.31. The summed E-state index contributed by atoms with van der Waals surface area (Å²) < 4.78 is 0. The minimum atomic E-state index is -0.256. The molecule has 0 spiro atoms. The minimum Gasteiger partial charge on any atom is -0.357 e. The maximum Gasteiger partial charge on any atom is 0.319 e. The van der Waals surface area contributed by atoms with Crippen molar-refractivity contribution in [2.45, 2.75) is 33.2 Å². The predicted molar refractivity (Wildman–Crippen MR) is 95.3 cm³/mol. The monoisotopic (exact) mass is 325 g/mol. The minimum absolute atomic E-state index is 0.256. The van der Waals surface area contributed by atoms with Gasteiger partial charge >= 0.3 is 6.03 Å². The molecule has 1 aliphatic rings. The van der Waals surface area contributed by atoms with E-state index in [2.05, 4.69) is 25.5 Å². The second-order valence-corrected chi connectivity index (χ2v) is 6.16. The lowest BCUT2D eigenvalue weighted by atomic mass is 10.2. The van der Waals surface area contributed by atoms with Crippen molar-refractivity contribution < 1.29 is 4.79 Å². The Morgan fingerprint density at radius 2 is 1.96 bits per heavy atom. The van der Waals surface area contributed by atoms with Gasteiger partial charge < -0.3 is 15.5 Å². The van der Waals surface area contributed by atoms with Gasteiger partial charge in [0.1, 0.15) is 11.6 Å². The lowest BCUT2D eigenvalue weighted by molar-refractivity contribution is 0.251. The summed E-state index contributed by atoms with van der Waals surface area (Å²) in [5.74, 6) is 1.59. The number of nitrogens with one attached hydrogen (secondary N) is 2. The number of rotatable bonds is 4. The Kier molecular flexibility index (Phi) is 4.93. The molecule has 1 fully saturated rings. The molecule has 1 saturated heterocycles. The summed E-state index contributed by atoms with van der Waals surface area (Å²) in [6.07, 6.45) is 2.41. The molecule has 1 aromatic heterocycles. The number of amides is 2. The van der Waals surface area contributed by atoms with Crippen molar-refractivity contribution in [2.24, 2.45) is 0 Å². The van der Waals surface area contributed by atoms with E-state index in [1.54, 1.807) is 0 Å². The van der Waals surface area contributed by atoms with Gasteiger partial charge in [-0.2, -0.15) is 0 Å². The number of benzene rings is 1. The van der Waals surface area contributed by atoms with Gasteiger partial charge in [-0.25, -0.2) is 14.8 Å².